The molecule has 1 aromatic heterocycles. The van der Waals surface area contributed by atoms with E-state index in [1.54, 1.807) is 27.7 Å². The van der Waals surface area contributed by atoms with Gasteiger partial charge in [-0.1, -0.05) is 240 Å². The van der Waals surface area contributed by atoms with Gasteiger partial charge in [-0.2, -0.15) is 5.26 Å². The van der Waals surface area contributed by atoms with Crippen LogP contribution in [0.1, 0.15) is 304 Å². The number of rotatable bonds is 1. The van der Waals surface area contributed by atoms with E-state index in [0.717, 1.165) is 5.92 Å². The number of fused-ring (bicyclic) bond motifs is 3. The van der Waals surface area contributed by atoms with Gasteiger partial charge >= 0.3 is 0 Å². The van der Waals surface area contributed by atoms with Crippen molar-refractivity contribution in [2.45, 2.75) is 299 Å². The quantitative estimate of drug-likeness (QED) is 0.239. The van der Waals surface area contributed by atoms with Crippen LogP contribution < -0.4 is 0 Å². The number of nitrogens with zero attached hydrogens (tertiary/aromatic N) is 2. The largest absolute Gasteiger partial charge is 0.335 e. The van der Waals surface area contributed by atoms with Crippen LogP contribution >= 0.6 is 0 Å². The smallest absolute Gasteiger partial charge is 0.0680 e. The van der Waals surface area contributed by atoms with Crippen LogP contribution in [-0.2, 0) is 16.4 Å². The fourth-order valence-corrected chi connectivity index (χ4v) is 6.49. The van der Waals surface area contributed by atoms with Crippen LogP contribution in [0, 0.1) is 61.0 Å². The zero-order valence-corrected chi connectivity index (χ0v) is 51.9. The van der Waals surface area contributed by atoms with Crippen LogP contribution in [0.4, 0.5) is 0 Å². The topological polar surface area (TPSA) is 28.7 Å². The minimum atomic E-state index is -2.54. The molecule has 0 atom stereocenters. The van der Waals surface area contributed by atoms with E-state index in [1.807, 2.05) is 55.4 Å². The molecule has 0 fully saturated rings. The molecular formula is C66H128N2. The number of hydrogen-bond acceptors (Lipinski definition) is 1. The SMILES string of the molecule is C.CC(C)(C)C#N.CC(C)(C)CC(C)(C)C.CC(C)(C)c1ccc2c(c1)c1cc(C(C)(C)C)ccc1n2C(C)(C)C.CC(C)CC(C)(C)C.[2H]C(C)(C)C(C)(C)C.[2H]C([2H])(C)C(C)(C)C.[2H]C([2H])([2H])C([2H])([2H])C(C)(C)C. The summed E-state index contributed by atoms with van der Waals surface area (Å²) in [5.41, 5.74) is 6.19. The molecule has 0 saturated carbocycles. The fraction of sp³-hybridized carbons (Fsp3) is 0.803. The van der Waals surface area contributed by atoms with Crippen molar-refractivity contribution in [3.63, 3.8) is 0 Å². The summed E-state index contributed by atoms with van der Waals surface area (Å²) < 4.78 is 60.1. The van der Waals surface area contributed by atoms with Crippen molar-refractivity contribution in [3.05, 3.63) is 47.5 Å². The third-order valence-electron chi connectivity index (χ3n) is 10.2. The maximum atomic E-state index is 8.15. The van der Waals surface area contributed by atoms with E-state index in [0.29, 0.717) is 16.2 Å². The first kappa shape index (κ1) is 58.3. The lowest BCUT2D eigenvalue weighted by molar-refractivity contribution is 0.233. The molecule has 0 spiro atoms. The van der Waals surface area contributed by atoms with Gasteiger partial charge in [-0.15, -0.1) is 0 Å². The van der Waals surface area contributed by atoms with Crippen LogP contribution in [-0.4, -0.2) is 4.57 Å². The van der Waals surface area contributed by atoms with Gasteiger partial charge in [0, 0.05) is 43.7 Å². The van der Waals surface area contributed by atoms with Crippen molar-refractivity contribution in [2.75, 3.05) is 0 Å². The lowest BCUT2D eigenvalue weighted by Crippen LogP contribution is -2.21. The first-order valence-electron chi connectivity index (χ1n) is 29.5. The monoisotopic (exact) mass is 957 g/mol. The molecule has 0 radical (unpaired) electrons. The summed E-state index contributed by atoms with van der Waals surface area (Å²) in [6, 6.07) is 16.2. The van der Waals surface area contributed by atoms with Crippen LogP contribution in [0.3, 0.4) is 0 Å². The zero-order valence-electron chi connectivity index (χ0n) is 59.9. The molecule has 2 heteroatoms. The van der Waals surface area contributed by atoms with Crippen molar-refractivity contribution < 1.29 is 11.0 Å². The second kappa shape index (κ2) is 28.7. The molecule has 0 aliphatic rings. The Hall–Kier alpha value is -2.27. The molecule has 0 N–H and O–H groups in total. The maximum absolute atomic E-state index is 8.15. The summed E-state index contributed by atoms with van der Waals surface area (Å²) in [5.74, 6) is 0.530. The summed E-state index contributed by atoms with van der Waals surface area (Å²) >= 11 is 0. The summed E-state index contributed by atoms with van der Waals surface area (Å²) in [6.45, 7) is 71.0. The Bertz CT molecular complexity index is 2000. The molecule has 0 amide bonds. The van der Waals surface area contributed by atoms with E-state index in [-0.39, 0.29) is 45.9 Å². The molecule has 2 nitrogen and oxygen atoms in total. The van der Waals surface area contributed by atoms with Crippen molar-refractivity contribution in [2.24, 2.45) is 49.7 Å². The molecule has 0 bridgehead atoms. The highest BCUT2D eigenvalue weighted by molar-refractivity contribution is 6.09. The summed E-state index contributed by atoms with van der Waals surface area (Å²) in [7, 11) is 0. The maximum Gasteiger partial charge on any atom is 0.0680 e. The average Bonchev–Trinajstić information content (AvgIpc) is 3.41. The van der Waals surface area contributed by atoms with Crippen molar-refractivity contribution >= 4 is 21.8 Å². The molecule has 0 saturated heterocycles. The van der Waals surface area contributed by atoms with Gasteiger partial charge in [0.05, 0.1) is 6.07 Å². The summed E-state index contributed by atoms with van der Waals surface area (Å²) in [5, 5.41) is 10.9. The third-order valence-corrected chi connectivity index (χ3v) is 10.2. The lowest BCUT2D eigenvalue weighted by Gasteiger charge is -2.28. The Kier molecular flexibility index (Phi) is 24.6. The van der Waals surface area contributed by atoms with Gasteiger partial charge in [0.2, 0.25) is 0 Å². The van der Waals surface area contributed by atoms with E-state index in [4.69, 9.17) is 16.2 Å². The Morgan fingerprint density at radius 1 is 0.529 bits per heavy atom. The summed E-state index contributed by atoms with van der Waals surface area (Å²) in [4.78, 5) is 0. The number of nitriles is 1. The molecule has 3 aromatic rings. The molecule has 0 aliphatic carbocycles. The minimum Gasteiger partial charge on any atom is -0.335 e. The van der Waals surface area contributed by atoms with Gasteiger partial charge in [0.1, 0.15) is 0 Å². The second-order valence-corrected chi connectivity index (χ2v) is 30.4. The minimum absolute atomic E-state index is 0. The third kappa shape index (κ3) is 39.5. The standard InChI is InChI=1S/C24H33N.C9H20.C8H18.C7H16.2C6H14.C5H9N.CH4/c1-22(2,3)16-10-12-20-18(14-16)19-15-17(23(4,5)6)11-13-21(19)25(20)24(7,8)9;1-8(2,3)7-9(4,5)6;1-7(2)6-8(3,4)5;1-6(2)7(3,4)5;2*1-5-6(2,3)4;1-5(2,3)4-6;/h10-15H,1-9H3;7H2,1-6H3;7H,6H2,1-5H3;6H,1-5H3;2*5H2,1-4H3;1-3H3;1H4/i;;;6D;1D3,5D2;5D2;;. The molecule has 402 valence electrons. The Morgan fingerprint density at radius 3 is 0.926 bits per heavy atom. The second-order valence-electron chi connectivity index (χ2n) is 30.4. The predicted octanol–water partition coefficient (Wildman–Crippen LogP) is 23.5. The Labute approximate surface area is 443 Å². The van der Waals surface area contributed by atoms with Crippen LogP contribution in [0.25, 0.3) is 21.8 Å². The van der Waals surface area contributed by atoms with Gasteiger partial charge in [-0.3, -0.25) is 0 Å². The van der Waals surface area contributed by atoms with Gasteiger partial charge < -0.3 is 4.57 Å². The van der Waals surface area contributed by atoms with Crippen molar-refractivity contribution in [1.29, 1.82) is 5.26 Å². The van der Waals surface area contributed by atoms with E-state index in [9.17, 15) is 0 Å². The molecule has 0 aliphatic heterocycles. The van der Waals surface area contributed by atoms with E-state index in [2.05, 4.69) is 206 Å². The van der Waals surface area contributed by atoms with Gasteiger partial charge in [-0.25, -0.2) is 0 Å². The zero-order chi connectivity index (χ0) is 62.0. The highest BCUT2D eigenvalue weighted by atomic mass is 15.0. The van der Waals surface area contributed by atoms with Gasteiger partial charge in [0.25, 0.3) is 0 Å². The van der Waals surface area contributed by atoms with E-state index < -0.39 is 25.0 Å². The predicted molar refractivity (Wildman–Crippen MR) is 320 cm³/mol. The van der Waals surface area contributed by atoms with Crippen LogP contribution in [0.15, 0.2) is 36.4 Å². The van der Waals surface area contributed by atoms with Crippen LogP contribution in [0.2, 0.25) is 0 Å². The van der Waals surface area contributed by atoms with Gasteiger partial charge in [-0.05, 0) is 145 Å². The lowest BCUT2D eigenvalue weighted by atomic mass is 9.78. The van der Waals surface area contributed by atoms with E-state index in [1.165, 1.54) is 45.8 Å². The van der Waals surface area contributed by atoms with Crippen molar-refractivity contribution in [1.82, 2.24) is 4.57 Å². The molecule has 1 heterocycles. The molecular weight excluding hydrogens is 821 g/mol. The van der Waals surface area contributed by atoms with Crippen molar-refractivity contribution in [3.8, 4) is 6.07 Å². The van der Waals surface area contributed by atoms with Gasteiger partial charge in [0.15, 0.2) is 0 Å². The number of benzene rings is 2. The Morgan fingerprint density at radius 2 is 0.824 bits per heavy atom. The highest BCUT2D eigenvalue weighted by Gasteiger charge is 2.25. The number of hydrogen-bond donors (Lipinski definition) is 0. The molecule has 2 aromatic carbocycles. The Balaban J connectivity index is -0.000000280. The molecule has 68 heavy (non-hydrogen) atoms. The fourth-order valence-electron chi connectivity index (χ4n) is 6.49. The normalized spacial score (nSPS) is 15.3. The highest BCUT2D eigenvalue weighted by Crippen LogP contribution is 2.39. The average molecular weight is 958 g/mol. The molecule has 0 unspecified atom stereocenters. The first-order valence-corrected chi connectivity index (χ1v) is 25.5. The van der Waals surface area contributed by atoms with E-state index >= 15 is 0 Å². The van der Waals surface area contributed by atoms with Crippen LogP contribution in [0.5, 0.6) is 0 Å². The molecule has 3 rings (SSSR count). The number of aromatic nitrogens is 1. The summed E-state index contributed by atoms with van der Waals surface area (Å²) in [6.07, 6.45) is -0.569. The first-order chi connectivity index (χ1) is 32.0.